The van der Waals surface area contributed by atoms with E-state index in [4.69, 9.17) is 14.2 Å². The lowest BCUT2D eigenvalue weighted by Crippen LogP contribution is -2.44. The minimum Gasteiger partial charge on any atom is -0.497 e. The van der Waals surface area contributed by atoms with E-state index in [1.165, 1.54) is 13.2 Å². The minimum atomic E-state index is -0.547. The average Bonchev–Trinajstić information content (AvgIpc) is 3.17. The largest absolute Gasteiger partial charge is 0.497 e. The molecule has 1 atom stereocenters. The third-order valence-corrected chi connectivity index (χ3v) is 5.79. The van der Waals surface area contributed by atoms with Gasteiger partial charge in [0.05, 0.1) is 21.3 Å². The molecule has 0 bridgehead atoms. The first kappa shape index (κ1) is 23.4. The molecule has 0 radical (unpaired) electrons. The lowest BCUT2D eigenvalue weighted by Gasteiger charge is -2.29. The summed E-state index contributed by atoms with van der Waals surface area (Å²) in [5.41, 5.74) is 1.13. The normalized spacial score (nSPS) is 17.6. The number of nitrogens with one attached hydrogen (secondary N) is 2. The van der Waals surface area contributed by atoms with Gasteiger partial charge in [-0.3, -0.25) is 9.59 Å². The maximum Gasteiger partial charge on any atom is 0.220 e. The van der Waals surface area contributed by atoms with E-state index in [9.17, 15) is 14.0 Å². The summed E-state index contributed by atoms with van der Waals surface area (Å²) in [7, 11) is 4.56. The van der Waals surface area contributed by atoms with Crippen LogP contribution >= 0.6 is 0 Å². The topological polar surface area (TPSA) is 85.9 Å². The smallest absolute Gasteiger partial charge is 0.220 e. The van der Waals surface area contributed by atoms with E-state index in [1.54, 1.807) is 32.4 Å². The van der Waals surface area contributed by atoms with Crippen LogP contribution in [0.5, 0.6) is 17.2 Å². The van der Waals surface area contributed by atoms with Gasteiger partial charge in [-0.1, -0.05) is 6.07 Å². The highest BCUT2D eigenvalue weighted by atomic mass is 19.1. The number of carbonyl (C=O) groups is 2. The van der Waals surface area contributed by atoms with Crippen LogP contribution in [-0.2, 0) is 22.6 Å². The van der Waals surface area contributed by atoms with Gasteiger partial charge >= 0.3 is 0 Å². The molecule has 2 aromatic rings. The summed E-state index contributed by atoms with van der Waals surface area (Å²) >= 11 is 0. The van der Waals surface area contributed by atoms with Gasteiger partial charge in [0, 0.05) is 36.6 Å². The molecule has 1 aliphatic rings. The maximum atomic E-state index is 13.8. The van der Waals surface area contributed by atoms with E-state index in [0.29, 0.717) is 43.7 Å². The zero-order valence-corrected chi connectivity index (χ0v) is 18.6. The molecule has 2 aromatic carbocycles. The van der Waals surface area contributed by atoms with Crippen molar-refractivity contribution in [2.75, 3.05) is 21.3 Å². The molecule has 2 N–H and O–H groups in total. The van der Waals surface area contributed by atoms with Crippen molar-refractivity contribution in [3.63, 3.8) is 0 Å². The second-order valence-electron chi connectivity index (χ2n) is 7.93. The quantitative estimate of drug-likeness (QED) is 0.588. The molecule has 0 aliphatic carbocycles. The molecule has 1 fully saturated rings. The van der Waals surface area contributed by atoms with Crippen LogP contribution in [0.3, 0.4) is 0 Å². The Labute approximate surface area is 187 Å². The number of benzene rings is 2. The highest BCUT2D eigenvalue weighted by Gasteiger charge is 2.38. The molecule has 7 nitrogen and oxygen atoms in total. The number of rotatable bonds is 10. The van der Waals surface area contributed by atoms with E-state index in [2.05, 4.69) is 10.6 Å². The van der Waals surface area contributed by atoms with Crippen molar-refractivity contribution in [1.29, 1.82) is 0 Å². The molecule has 0 aromatic heterocycles. The fourth-order valence-electron chi connectivity index (χ4n) is 4.02. The zero-order valence-electron chi connectivity index (χ0n) is 18.6. The van der Waals surface area contributed by atoms with Crippen molar-refractivity contribution in [2.24, 2.45) is 0 Å². The number of amides is 2. The van der Waals surface area contributed by atoms with Crippen LogP contribution in [0.15, 0.2) is 36.4 Å². The first-order valence-electron chi connectivity index (χ1n) is 10.5. The van der Waals surface area contributed by atoms with Gasteiger partial charge in [0.1, 0.15) is 11.5 Å². The summed E-state index contributed by atoms with van der Waals surface area (Å²) in [4.78, 5) is 24.5. The lowest BCUT2D eigenvalue weighted by molar-refractivity contribution is -0.122. The molecule has 2 amide bonds. The standard InChI is InChI=1S/C24H29FN2O5/c1-30-18-6-5-17(20(13-18)31-2)15-26-22(28)8-10-24(11-9-23(29)27-24)14-16-4-7-19(25)21(12-16)32-3/h4-7,12-13H,8-11,14-15H2,1-3H3,(H,26,28)(H,27,29)/t24-/m1/s1. The minimum absolute atomic E-state index is 0.0394. The zero-order chi connectivity index (χ0) is 23.1. The highest BCUT2D eigenvalue weighted by molar-refractivity contribution is 5.80. The third-order valence-electron chi connectivity index (χ3n) is 5.79. The first-order valence-corrected chi connectivity index (χ1v) is 10.5. The van der Waals surface area contributed by atoms with Crippen LogP contribution in [-0.4, -0.2) is 38.7 Å². The summed E-state index contributed by atoms with van der Waals surface area (Å²) in [5.74, 6) is 0.868. The summed E-state index contributed by atoms with van der Waals surface area (Å²) in [6.45, 7) is 0.320. The Balaban J connectivity index is 1.62. The highest BCUT2D eigenvalue weighted by Crippen LogP contribution is 2.31. The second kappa shape index (κ2) is 10.3. The molecule has 32 heavy (non-hydrogen) atoms. The van der Waals surface area contributed by atoms with Gasteiger partial charge < -0.3 is 24.8 Å². The Morgan fingerprint density at radius 1 is 1.09 bits per heavy atom. The Morgan fingerprint density at radius 2 is 1.88 bits per heavy atom. The molecule has 3 rings (SSSR count). The van der Waals surface area contributed by atoms with E-state index < -0.39 is 11.4 Å². The van der Waals surface area contributed by atoms with Gasteiger partial charge in [-0.2, -0.15) is 0 Å². The lowest BCUT2D eigenvalue weighted by atomic mass is 9.85. The molecule has 1 saturated heterocycles. The van der Waals surface area contributed by atoms with Crippen LogP contribution < -0.4 is 24.8 Å². The van der Waals surface area contributed by atoms with Gasteiger partial charge in [0.15, 0.2) is 11.6 Å². The predicted molar refractivity (Wildman–Crippen MR) is 117 cm³/mol. The fraction of sp³-hybridized carbons (Fsp3) is 0.417. The first-order chi connectivity index (χ1) is 15.4. The maximum absolute atomic E-state index is 13.8. The van der Waals surface area contributed by atoms with Crippen molar-refractivity contribution in [3.05, 3.63) is 53.3 Å². The van der Waals surface area contributed by atoms with Gasteiger partial charge in [-0.05, 0) is 49.1 Å². The summed E-state index contributed by atoms with van der Waals surface area (Å²) in [6.07, 6.45) is 2.24. The van der Waals surface area contributed by atoms with Crippen LogP contribution in [0.25, 0.3) is 0 Å². The monoisotopic (exact) mass is 444 g/mol. The molecule has 0 saturated carbocycles. The number of carbonyl (C=O) groups excluding carboxylic acids is 2. The summed E-state index contributed by atoms with van der Waals surface area (Å²) < 4.78 is 29.4. The second-order valence-corrected chi connectivity index (χ2v) is 7.93. The summed E-state index contributed by atoms with van der Waals surface area (Å²) in [5, 5.41) is 5.95. The molecule has 1 heterocycles. The van der Waals surface area contributed by atoms with Crippen molar-refractivity contribution in [1.82, 2.24) is 10.6 Å². The van der Waals surface area contributed by atoms with E-state index in [-0.39, 0.29) is 24.0 Å². The number of ether oxygens (including phenoxy) is 3. The van der Waals surface area contributed by atoms with Crippen LogP contribution in [0.4, 0.5) is 4.39 Å². The van der Waals surface area contributed by atoms with Crippen molar-refractivity contribution in [3.8, 4) is 17.2 Å². The van der Waals surface area contributed by atoms with E-state index in [1.807, 2.05) is 12.1 Å². The molecular formula is C24H29FN2O5. The SMILES string of the molecule is COc1ccc(CNC(=O)CC[C@]2(Cc3ccc(F)c(OC)c3)CCC(=O)N2)c(OC)c1. The number of hydrogen-bond donors (Lipinski definition) is 2. The van der Waals surface area contributed by atoms with Crippen molar-refractivity contribution in [2.45, 2.75) is 44.2 Å². The van der Waals surface area contributed by atoms with Crippen LogP contribution in [0.1, 0.15) is 36.8 Å². The fourth-order valence-corrected chi connectivity index (χ4v) is 4.02. The van der Waals surface area contributed by atoms with Gasteiger partial charge in [0.2, 0.25) is 11.8 Å². The van der Waals surface area contributed by atoms with Crippen molar-refractivity contribution < 1.29 is 28.2 Å². The van der Waals surface area contributed by atoms with Gasteiger partial charge in [-0.25, -0.2) is 4.39 Å². The number of methoxy groups -OCH3 is 3. The molecular weight excluding hydrogens is 415 g/mol. The van der Waals surface area contributed by atoms with Crippen molar-refractivity contribution >= 4 is 11.8 Å². The van der Waals surface area contributed by atoms with Gasteiger partial charge in [-0.15, -0.1) is 0 Å². The molecule has 0 unspecified atom stereocenters. The Kier molecular flexibility index (Phi) is 7.56. The Hall–Kier alpha value is -3.29. The van der Waals surface area contributed by atoms with Gasteiger partial charge in [0.25, 0.3) is 0 Å². The Bertz CT molecular complexity index is 981. The number of hydrogen-bond acceptors (Lipinski definition) is 5. The number of halogens is 1. The third kappa shape index (κ3) is 5.69. The molecule has 8 heteroatoms. The summed E-state index contributed by atoms with van der Waals surface area (Å²) in [6, 6.07) is 10.1. The molecule has 1 aliphatic heterocycles. The molecule has 0 spiro atoms. The van der Waals surface area contributed by atoms with E-state index in [0.717, 1.165) is 11.1 Å². The van der Waals surface area contributed by atoms with Crippen LogP contribution in [0.2, 0.25) is 0 Å². The Morgan fingerprint density at radius 3 is 2.53 bits per heavy atom. The van der Waals surface area contributed by atoms with E-state index >= 15 is 0 Å². The molecule has 172 valence electrons. The average molecular weight is 445 g/mol. The van der Waals surface area contributed by atoms with Crippen LogP contribution in [0, 0.1) is 5.82 Å². The predicted octanol–water partition coefficient (Wildman–Crippen LogP) is 3.14.